The van der Waals surface area contributed by atoms with Gasteiger partial charge in [-0.25, -0.2) is 0 Å². The number of hydrogen-bond acceptors (Lipinski definition) is 4. The molecule has 0 heterocycles. The van der Waals surface area contributed by atoms with Crippen LogP contribution in [0.25, 0.3) is 0 Å². The number of benzene rings is 1. The molecule has 0 spiro atoms. The molecule has 4 nitrogen and oxygen atoms in total. The van der Waals surface area contributed by atoms with Gasteiger partial charge in [0, 0.05) is 18.8 Å². The van der Waals surface area contributed by atoms with Crippen molar-refractivity contribution >= 4 is 5.69 Å². The van der Waals surface area contributed by atoms with Gasteiger partial charge in [-0.1, -0.05) is 6.92 Å². The number of methoxy groups -OCH3 is 1. The molecule has 0 fully saturated rings. The fourth-order valence-corrected chi connectivity index (χ4v) is 1.46. The van der Waals surface area contributed by atoms with Gasteiger partial charge in [-0.2, -0.15) is 5.26 Å². The molecule has 0 saturated heterocycles. The summed E-state index contributed by atoms with van der Waals surface area (Å²) in [4.78, 5) is 0. The Kier molecular flexibility index (Phi) is 5.91. The van der Waals surface area contributed by atoms with Crippen LogP contribution in [0.2, 0.25) is 0 Å². The zero-order chi connectivity index (χ0) is 12.5. The molecule has 17 heavy (non-hydrogen) atoms. The number of ether oxygens (including phenoxy) is 2. The topological polar surface area (TPSA) is 54.3 Å². The largest absolute Gasteiger partial charge is 0.479 e. The van der Waals surface area contributed by atoms with Gasteiger partial charge >= 0.3 is 0 Å². The highest BCUT2D eigenvalue weighted by atomic mass is 16.5. The molecule has 0 aliphatic carbocycles. The lowest BCUT2D eigenvalue weighted by Gasteiger charge is -2.17. The number of nitrogens with one attached hydrogen (secondary N) is 1. The summed E-state index contributed by atoms with van der Waals surface area (Å²) in [5.74, 6) is 0.705. The highest BCUT2D eigenvalue weighted by Gasteiger charge is 2.05. The van der Waals surface area contributed by atoms with Gasteiger partial charge in [0.1, 0.15) is 11.8 Å². The van der Waals surface area contributed by atoms with Gasteiger partial charge in [-0.3, -0.25) is 0 Å². The predicted octanol–water partition coefficient (Wildman–Crippen LogP) is 2.43. The summed E-state index contributed by atoms with van der Waals surface area (Å²) in [6.07, 6.45) is 1.00. The van der Waals surface area contributed by atoms with E-state index in [4.69, 9.17) is 14.7 Å². The standard InChI is InChI=1S/C13H18N2O2/c1-3-11(10-16-2)15-12-4-6-13(7-5-12)17-9-8-14/h4-7,11,15H,3,9-10H2,1-2H3. The zero-order valence-corrected chi connectivity index (χ0v) is 10.3. The highest BCUT2D eigenvalue weighted by molar-refractivity contribution is 5.47. The van der Waals surface area contributed by atoms with Gasteiger partial charge in [0.25, 0.3) is 0 Å². The molecule has 4 heteroatoms. The number of anilines is 1. The molecule has 1 unspecified atom stereocenters. The fraction of sp³-hybridized carbons (Fsp3) is 0.462. The molecule has 0 bridgehead atoms. The van der Waals surface area contributed by atoms with Crippen molar-refractivity contribution < 1.29 is 9.47 Å². The normalized spacial score (nSPS) is 11.6. The van der Waals surface area contributed by atoms with Crippen molar-refractivity contribution in [2.24, 2.45) is 0 Å². The minimum Gasteiger partial charge on any atom is -0.479 e. The first-order chi connectivity index (χ1) is 8.30. The van der Waals surface area contributed by atoms with Crippen molar-refractivity contribution in [2.75, 3.05) is 25.6 Å². The summed E-state index contributed by atoms with van der Waals surface area (Å²) in [5, 5.41) is 11.8. The maximum Gasteiger partial charge on any atom is 0.174 e. The number of rotatable bonds is 7. The van der Waals surface area contributed by atoms with Crippen molar-refractivity contribution in [3.8, 4) is 11.8 Å². The summed E-state index contributed by atoms with van der Waals surface area (Å²) in [7, 11) is 1.70. The molecule has 1 rings (SSSR count). The van der Waals surface area contributed by atoms with E-state index in [0.717, 1.165) is 12.1 Å². The first kappa shape index (κ1) is 13.3. The van der Waals surface area contributed by atoms with Crippen LogP contribution < -0.4 is 10.1 Å². The van der Waals surface area contributed by atoms with Crippen molar-refractivity contribution in [1.29, 1.82) is 5.26 Å². The molecule has 0 aliphatic rings. The lowest BCUT2D eigenvalue weighted by Crippen LogP contribution is -2.23. The summed E-state index contributed by atoms with van der Waals surface area (Å²) in [6, 6.07) is 9.81. The fourth-order valence-electron chi connectivity index (χ4n) is 1.46. The minimum absolute atomic E-state index is 0.0774. The van der Waals surface area contributed by atoms with Crippen LogP contribution in [0.15, 0.2) is 24.3 Å². The van der Waals surface area contributed by atoms with Crippen molar-refractivity contribution in [3.05, 3.63) is 24.3 Å². The van der Waals surface area contributed by atoms with Gasteiger partial charge in [-0.05, 0) is 30.7 Å². The van der Waals surface area contributed by atoms with E-state index in [2.05, 4.69) is 12.2 Å². The molecule has 0 saturated carbocycles. The van der Waals surface area contributed by atoms with Crippen molar-refractivity contribution in [3.63, 3.8) is 0 Å². The first-order valence-corrected chi connectivity index (χ1v) is 5.65. The molecule has 1 atom stereocenters. The van der Waals surface area contributed by atoms with Crippen LogP contribution in [-0.4, -0.2) is 26.4 Å². The maximum atomic E-state index is 8.39. The number of nitriles is 1. The zero-order valence-electron chi connectivity index (χ0n) is 10.3. The van der Waals surface area contributed by atoms with E-state index in [1.54, 1.807) is 7.11 Å². The van der Waals surface area contributed by atoms with Crippen LogP contribution in [0.5, 0.6) is 5.75 Å². The molecule has 1 N–H and O–H groups in total. The summed E-state index contributed by atoms with van der Waals surface area (Å²) < 4.78 is 10.3. The average Bonchev–Trinajstić information content (AvgIpc) is 2.37. The Morgan fingerprint density at radius 3 is 2.59 bits per heavy atom. The van der Waals surface area contributed by atoms with Crippen LogP contribution in [0.1, 0.15) is 13.3 Å². The van der Waals surface area contributed by atoms with Crippen LogP contribution in [-0.2, 0) is 4.74 Å². The van der Waals surface area contributed by atoms with Crippen LogP contribution in [0.3, 0.4) is 0 Å². The third-order valence-electron chi connectivity index (χ3n) is 2.39. The Morgan fingerprint density at radius 2 is 2.06 bits per heavy atom. The second-order valence-electron chi connectivity index (χ2n) is 3.68. The number of nitrogens with zero attached hydrogens (tertiary/aromatic N) is 1. The van der Waals surface area contributed by atoms with E-state index in [0.29, 0.717) is 18.4 Å². The quantitative estimate of drug-likeness (QED) is 0.787. The number of hydrogen-bond donors (Lipinski definition) is 1. The molecular formula is C13H18N2O2. The van der Waals surface area contributed by atoms with E-state index >= 15 is 0 Å². The van der Waals surface area contributed by atoms with Crippen molar-refractivity contribution in [2.45, 2.75) is 19.4 Å². The Labute approximate surface area is 102 Å². The smallest absolute Gasteiger partial charge is 0.174 e. The Bertz CT molecular complexity index is 357. The molecule has 0 amide bonds. The van der Waals surface area contributed by atoms with E-state index in [-0.39, 0.29) is 6.61 Å². The summed E-state index contributed by atoms with van der Waals surface area (Å²) in [6.45, 7) is 2.87. The van der Waals surface area contributed by atoms with Crippen LogP contribution in [0, 0.1) is 11.3 Å². The summed E-state index contributed by atoms with van der Waals surface area (Å²) >= 11 is 0. The second kappa shape index (κ2) is 7.53. The molecule has 0 aromatic heterocycles. The lowest BCUT2D eigenvalue weighted by molar-refractivity contribution is 0.184. The molecule has 0 aliphatic heterocycles. The molecule has 92 valence electrons. The SMILES string of the molecule is CCC(COC)Nc1ccc(OCC#N)cc1. The van der Waals surface area contributed by atoms with Gasteiger partial charge in [-0.15, -0.1) is 0 Å². The monoisotopic (exact) mass is 234 g/mol. The third-order valence-corrected chi connectivity index (χ3v) is 2.39. The molecular weight excluding hydrogens is 216 g/mol. The Balaban J connectivity index is 2.52. The predicted molar refractivity (Wildman–Crippen MR) is 67.1 cm³/mol. The molecule has 1 aromatic carbocycles. The van der Waals surface area contributed by atoms with E-state index < -0.39 is 0 Å². The van der Waals surface area contributed by atoms with Crippen LogP contribution in [0.4, 0.5) is 5.69 Å². The van der Waals surface area contributed by atoms with E-state index in [1.165, 1.54) is 0 Å². The van der Waals surface area contributed by atoms with Gasteiger partial charge < -0.3 is 14.8 Å². The first-order valence-electron chi connectivity index (χ1n) is 5.65. The van der Waals surface area contributed by atoms with E-state index in [9.17, 15) is 0 Å². The third kappa shape index (κ3) is 4.75. The maximum absolute atomic E-state index is 8.39. The minimum atomic E-state index is 0.0774. The lowest BCUT2D eigenvalue weighted by atomic mass is 10.2. The highest BCUT2D eigenvalue weighted by Crippen LogP contribution is 2.16. The van der Waals surface area contributed by atoms with Gasteiger partial charge in [0.05, 0.1) is 6.61 Å². The Morgan fingerprint density at radius 1 is 1.35 bits per heavy atom. The van der Waals surface area contributed by atoms with Gasteiger partial charge in [0.15, 0.2) is 6.61 Å². The molecule has 1 aromatic rings. The van der Waals surface area contributed by atoms with Crippen molar-refractivity contribution in [1.82, 2.24) is 0 Å². The molecule has 0 radical (unpaired) electrons. The van der Waals surface area contributed by atoms with Gasteiger partial charge in [0.2, 0.25) is 0 Å². The Hall–Kier alpha value is -1.73. The van der Waals surface area contributed by atoms with E-state index in [1.807, 2.05) is 30.3 Å². The average molecular weight is 234 g/mol. The van der Waals surface area contributed by atoms with Crippen LogP contribution >= 0.6 is 0 Å². The second-order valence-corrected chi connectivity index (χ2v) is 3.68. The summed E-state index contributed by atoms with van der Waals surface area (Å²) in [5.41, 5.74) is 1.03.